The Labute approximate surface area is 142 Å². The Morgan fingerprint density at radius 1 is 1.10 bits per heavy atom. The molecule has 1 heterocycles. The van der Waals surface area contributed by atoms with E-state index >= 15 is 0 Å². The summed E-state index contributed by atoms with van der Waals surface area (Å²) in [4.78, 5) is 0. The molecule has 0 aliphatic rings. The zero-order valence-electron chi connectivity index (χ0n) is 10.5. The van der Waals surface area contributed by atoms with E-state index in [1.165, 1.54) is 0 Å². The van der Waals surface area contributed by atoms with Crippen LogP contribution in [0.5, 0.6) is 0 Å². The van der Waals surface area contributed by atoms with E-state index in [-0.39, 0.29) is 0 Å². The monoisotopic (exact) mass is 427 g/mol. The van der Waals surface area contributed by atoms with Gasteiger partial charge >= 0.3 is 0 Å². The highest BCUT2D eigenvalue weighted by Crippen LogP contribution is 2.32. The van der Waals surface area contributed by atoms with E-state index in [9.17, 15) is 0 Å². The molecule has 0 unspecified atom stereocenters. The molecule has 0 radical (unpaired) electrons. The summed E-state index contributed by atoms with van der Waals surface area (Å²) in [6.45, 7) is 0. The third-order valence-electron chi connectivity index (χ3n) is 2.88. The number of nitrogens with zero attached hydrogens (tertiary/aromatic N) is 4. The van der Waals surface area contributed by atoms with Crippen LogP contribution in [-0.4, -0.2) is 20.2 Å². The zero-order chi connectivity index (χ0) is 15.0. The number of para-hydroxylation sites is 1. The van der Waals surface area contributed by atoms with Gasteiger partial charge in [0.25, 0.3) is 0 Å². The van der Waals surface area contributed by atoms with Crippen molar-refractivity contribution in [3.63, 3.8) is 0 Å². The Morgan fingerprint density at radius 2 is 1.81 bits per heavy atom. The Bertz CT molecular complexity index is 798. The molecule has 106 valence electrons. The Balaban J connectivity index is 2.20. The molecule has 3 aromatic rings. The van der Waals surface area contributed by atoms with E-state index in [0.717, 1.165) is 20.2 Å². The Morgan fingerprint density at radius 3 is 2.48 bits per heavy atom. The van der Waals surface area contributed by atoms with E-state index in [1.54, 1.807) is 16.8 Å². The van der Waals surface area contributed by atoms with Gasteiger partial charge in [0.1, 0.15) is 0 Å². The second-order valence-electron chi connectivity index (χ2n) is 4.22. The summed E-state index contributed by atoms with van der Waals surface area (Å²) in [6, 6.07) is 11.1. The first-order valence-electron chi connectivity index (χ1n) is 5.86. The van der Waals surface area contributed by atoms with Crippen LogP contribution in [0.4, 0.5) is 5.69 Å². The van der Waals surface area contributed by atoms with Gasteiger partial charge in [0.15, 0.2) is 5.82 Å². The van der Waals surface area contributed by atoms with Gasteiger partial charge in [-0.1, -0.05) is 17.7 Å². The highest BCUT2D eigenvalue weighted by molar-refractivity contribution is 9.11. The number of aromatic nitrogens is 4. The topological polar surface area (TPSA) is 69.6 Å². The molecule has 0 fully saturated rings. The first-order chi connectivity index (χ1) is 10.1. The number of hydrogen-bond acceptors (Lipinski definition) is 4. The molecule has 3 rings (SSSR count). The number of benzene rings is 2. The smallest absolute Gasteiger partial charge is 0.187 e. The van der Waals surface area contributed by atoms with E-state index in [2.05, 4.69) is 47.4 Å². The van der Waals surface area contributed by atoms with Gasteiger partial charge in [-0.05, 0) is 72.6 Å². The molecule has 0 aliphatic heterocycles. The molecule has 0 saturated heterocycles. The van der Waals surface area contributed by atoms with Crippen LogP contribution >= 0.6 is 43.5 Å². The largest absolute Gasteiger partial charge is 0.398 e. The summed E-state index contributed by atoms with van der Waals surface area (Å²) in [5.74, 6) is 0.574. The molecule has 1 aromatic heterocycles. The first-order valence-corrected chi connectivity index (χ1v) is 7.82. The van der Waals surface area contributed by atoms with Crippen LogP contribution in [0.3, 0.4) is 0 Å². The standard InChI is InChI=1S/C13H8Br2ClN5/c14-8-2-1-3-9(15)12(8)21-13(18-19-20-21)7-4-5-11(17)10(16)6-7/h1-6H,17H2. The van der Waals surface area contributed by atoms with Gasteiger partial charge in [0.05, 0.1) is 16.4 Å². The minimum Gasteiger partial charge on any atom is -0.398 e. The third kappa shape index (κ3) is 2.68. The lowest BCUT2D eigenvalue weighted by atomic mass is 10.2. The fourth-order valence-corrected chi connectivity index (χ4v) is 3.39. The van der Waals surface area contributed by atoms with Crippen LogP contribution < -0.4 is 5.73 Å². The minimum atomic E-state index is 0.466. The van der Waals surface area contributed by atoms with Crippen molar-refractivity contribution in [2.75, 3.05) is 5.73 Å². The molecule has 0 amide bonds. The van der Waals surface area contributed by atoms with Crippen molar-refractivity contribution < 1.29 is 0 Å². The highest BCUT2D eigenvalue weighted by atomic mass is 79.9. The van der Waals surface area contributed by atoms with E-state index < -0.39 is 0 Å². The van der Waals surface area contributed by atoms with Crippen LogP contribution in [-0.2, 0) is 0 Å². The lowest BCUT2D eigenvalue weighted by Crippen LogP contribution is -2.02. The quantitative estimate of drug-likeness (QED) is 0.623. The molecule has 5 nitrogen and oxygen atoms in total. The lowest BCUT2D eigenvalue weighted by Gasteiger charge is -2.09. The fraction of sp³-hybridized carbons (Fsp3) is 0. The minimum absolute atomic E-state index is 0.466. The number of rotatable bonds is 2. The molecular formula is C13H8Br2ClN5. The number of tetrazole rings is 1. The van der Waals surface area contributed by atoms with Crippen molar-refractivity contribution in [3.05, 3.63) is 50.4 Å². The molecule has 0 spiro atoms. The van der Waals surface area contributed by atoms with Crippen LogP contribution in [0.15, 0.2) is 45.3 Å². The number of anilines is 1. The number of nitrogen functional groups attached to an aromatic ring is 1. The maximum atomic E-state index is 6.07. The summed E-state index contributed by atoms with van der Waals surface area (Å²) in [5.41, 5.74) is 7.84. The van der Waals surface area contributed by atoms with Gasteiger partial charge < -0.3 is 5.73 Å². The maximum Gasteiger partial charge on any atom is 0.187 e. The molecule has 2 aromatic carbocycles. The number of halogens is 3. The van der Waals surface area contributed by atoms with Gasteiger partial charge in [-0.3, -0.25) is 0 Å². The predicted molar refractivity (Wildman–Crippen MR) is 89.4 cm³/mol. The average molecular weight is 430 g/mol. The van der Waals surface area contributed by atoms with Gasteiger partial charge in [0, 0.05) is 14.5 Å². The maximum absolute atomic E-state index is 6.07. The Kier molecular flexibility index (Phi) is 3.97. The molecular weight excluding hydrogens is 421 g/mol. The van der Waals surface area contributed by atoms with Crippen LogP contribution in [0, 0.1) is 0 Å². The van der Waals surface area contributed by atoms with Crippen LogP contribution in [0.25, 0.3) is 17.1 Å². The normalized spacial score (nSPS) is 10.8. The van der Waals surface area contributed by atoms with Crippen LogP contribution in [0.1, 0.15) is 0 Å². The summed E-state index contributed by atoms with van der Waals surface area (Å²) in [7, 11) is 0. The predicted octanol–water partition coefficient (Wildman–Crippen LogP) is 4.09. The second kappa shape index (κ2) is 5.75. The summed E-state index contributed by atoms with van der Waals surface area (Å²) >= 11 is 13.1. The fourth-order valence-electron chi connectivity index (χ4n) is 1.88. The molecule has 21 heavy (non-hydrogen) atoms. The Hall–Kier alpha value is -1.44. The molecule has 8 heteroatoms. The van der Waals surface area contributed by atoms with Crippen molar-refractivity contribution in [2.24, 2.45) is 0 Å². The lowest BCUT2D eigenvalue weighted by molar-refractivity contribution is 0.786. The van der Waals surface area contributed by atoms with Crippen LogP contribution in [0.2, 0.25) is 5.02 Å². The van der Waals surface area contributed by atoms with E-state index in [0.29, 0.717) is 16.5 Å². The van der Waals surface area contributed by atoms with Crippen molar-refractivity contribution in [2.45, 2.75) is 0 Å². The van der Waals surface area contributed by atoms with Gasteiger partial charge in [-0.15, -0.1) is 5.10 Å². The van der Waals surface area contributed by atoms with Gasteiger partial charge in [-0.2, -0.15) is 4.68 Å². The van der Waals surface area contributed by atoms with Crippen molar-refractivity contribution in [1.29, 1.82) is 0 Å². The van der Waals surface area contributed by atoms with Crippen molar-refractivity contribution >= 4 is 49.1 Å². The van der Waals surface area contributed by atoms with Gasteiger partial charge in [-0.25, -0.2) is 0 Å². The van der Waals surface area contributed by atoms with E-state index in [1.807, 2.05) is 24.3 Å². The third-order valence-corrected chi connectivity index (χ3v) is 4.48. The molecule has 0 aliphatic carbocycles. The number of hydrogen-bond donors (Lipinski definition) is 1. The second-order valence-corrected chi connectivity index (χ2v) is 6.34. The van der Waals surface area contributed by atoms with E-state index in [4.69, 9.17) is 17.3 Å². The molecule has 0 bridgehead atoms. The number of nitrogens with two attached hydrogens (primary N) is 1. The first kappa shape index (κ1) is 14.5. The molecule has 0 saturated carbocycles. The average Bonchev–Trinajstić information content (AvgIpc) is 2.91. The molecule has 0 atom stereocenters. The summed E-state index contributed by atoms with van der Waals surface area (Å²) in [6.07, 6.45) is 0. The van der Waals surface area contributed by atoms with Crippen molar-refractivity contribution in [1.82, 2.24) is 20.2 Å². The van der Waals surface area contributed by atoms with Crippen molar-refractivity contribution in [3.8, 4) is 17.1 Å². The summed E-state index contributed by atoms with van der Waals surface area (Å²) < 4.78 is 3.37. The SMILES string of the molecule is Nc1ccc(-c2nnnn2-c2c(Br)cccc2Br)cc1Cl. The summed E-state index contributed by atoms with van der Waals surface area (Å²) in [5, 5.41) is 12.4. The van der Waals surface area contributed by atoms with Gasteiger partial charge in [0.2, 0.25) is 0 Å². The zero-order valence-corrected chi connectivity index (χ0v) is 14.4. The molecule has 2 N–H and O–H groups in total. The highest BCUT2D eigenvalue weighted by Gasteiger charge is 2.16.